The molecule has 0 saturated carbocycles. The number of rotatable bonds is 5. The summed E-state index contributed by atoms with van der Waals surface area (Å²) in [6.07, 6.45) is 2.75. The van der Waals surface area contributed by atoms with Crippen molar-refractivity contribution in [2.24, 2.45) is 5.73 Å². The maximum atomic E-state index is 12.5. The third-order valence-electron chi connectivity index (χ3n) is 4.54. The Morgan fingerprint density at radius 1 is 1.32 bits per heavy atom. The molecule has 1 saturated heterocycles. The molecule has 1 aromatic carbocycles. The Morgan fingerprint density at radius 2 is 2.00 bits per heavy atom. The number of carbonyl (C=O) groups is 2. The average molecular weight is 303 g/mol. The molecule has 2 amide bonds. The van der Waals surface area contributed by atoms with E-state index in [4.69, 9.17) is 5.73 Å². The lowest BCUT2D eigenvalue weighted by Gasteiger charge is -2.35. The number of piperidine rings is 1. The van der Waals surface area contributed by atoms with Crippen LogP contribution in [0.25, 0.3) is 0 Å². The Labute approximate surface area is 132 Å². The van der Waals surface area contributed by atoms with Gasteiger partial charge in [-0.25, -0.2) is 0 Å². The van der Waals surface area contributed by atoms with Crippen LogP contribution >= 0.6 is 0 Å². The molecule has 0 aliphatic carbocycles. The van der Waals surface area contributed by atoms with Crippen LogP contribution in [0.5, 0.6) is 0 Å². The Kier molecular flexibility index (Phi) is 5.55. The Morgan fingerprint density at radius 3 is 2.64 bits per heavy atom. The van der Waals surface area contributed by atoms with Gasteiger partial charge in [0.25, 0.3) is 0 Å². The summed E-state index contributed by atoms with van der Waals surface area (Å²) in [7, 11) is 1.81. The molecule has 120 valence electrons. The SMILES string of the molecule is C[C@@H](c1ccccc1)N(C)C(=O)CN1CCCC[C@H]1C(N)=O. The molecule has 2 rings (SSSR count). The fraction of sp³-hybridized carbons (Fsp3) is 0.529. The molecular formula is C17H25N3O2. The highest BCUT2D eigenvalue weighted by atomic mass is 16.2. The predicted octanol–water partition coefficient (Wildman–Crippen LogP) is 1.55. The second-order valence-corrected chi connectivity index (χ2v) is 5.98. The van der Waals surface area contributed by atoms with Crippen molar-refractivity contribution in [3.8, 4) is 0 Å². The highest BCUT2D eigenvalue weighted by Gasteiger charge is 2.29. The molecule has 5 heteroatoms. The van der Waals surface area contributed by atoms with Crippen LogP contribution in [0.15, 0.2) is 30.3 Å². The molecule has 2 N–H and O–H groups in total. The molecule has 1 heterocycles. The number of hydrogen-bond acceptors (Lipinski definition) is 3. The van der Waals surface area contributed by atoms with E-state index in [0.717, 1.165) is 31.4 Å². The number of nitrogens with zero attached hydrogens (tertiary/aromatic N) is 2. The summed E-state index contributed by atoms with van der Waals surface area (Å²) in [5.41, 5.74) is 6.56. The van der Waals surface area contributed by atoms with Crippen LogP contribution in [0.1, 0.15) is 37.8 Å². The van der Waals surface area contributed by atoms with E-state index in [2.05, 4.69) is 0 Å². The van der Waals surface area contributed by atoms with Crippen molar-refractivity contribution in [1.29, 1.82) is 0 Å². The van der Waals surface area contributed by atoms with E-state index in [1.807, 2.05) is 49.2 Å². The van der Waals surface area contributed by atoms with Crippen molar-refractivity contribution in [3.63, 3.8) is 0 Å². The quantitative estimate of drug-likeness (QED) is 0.897. The summed E-state index contributed by atoms with van der Waals surface area (Å²) in [5, 5.41) is 0. The van der Waals surface area contributed by atoms with Gasteiger partial charge in [0.2, 0.25) is 11.8 Å². The molecule has 0 aromatic heterocycles. The monoisotopic (exact) mass is 303 g/mol. The van der Waals surface area contributed by atoms with E-state index in [-0.39, 0.29) is 30.4 Å². The van der Waals surface area contributed by atoms with Gasteiger partial charge in [-0.05, 0) is 31.9 Å². The van der Waals surface area contributed by atoms with Crippen molar-refractivity contribution >= 4 is 11.8 Å². The van der Waals surface area contributed by atoms with Gasteiger partial charge >= 0.3 is 0 Å². The first-order valence-electron chi connectivity index (χ1n) is 7.84. The molecule has 0 unspecified atom stereocenters. The normalized spacial score (nSPS) is 20.4. The number of amides is 2. The number of nitrogens with two attached hydrogens (primary N) is 1. The van der Waals surface area contributed by atoms with Gasteiger partial charge in [0.05, 0.1) is 18.6 Å². The van der Waals surface area contributed by atoms with Gasteiger partial charge in [0.1, 0.15) is 0 Å². The Hall–Kier alpha value is -1.88. The van der Waals surface area contributed by atoms with Gasteiger partial charge in [-0.1, -0.05) is 36.8 Å². The lowest BCUT2D eigenvalue weighted by molar-refractivity contribution is -0.135. The minimum atomic E-state index is -0.328. The molecule has 22 heavy (non-hydrogen) atoms. The first kappa shape index (κ1) is 16.5. The Balaban J connectivity index is 2.00. The van der Waals surface area contributed by atoms with Crippen LogP contribution in [-0.2, 0) is 9.59 Å². The van der Waals surface area contributed by atoms with E-state index >= 15 is 0 Å². The van der Waals surface area contributed by atoms with Crippen molar-refractivity contribution < 1.29 is 9.59 Å². The van der Waals surface area contributed by atoms with Crippen LogP contribution < -0.4 is 5.73 Å². The van der Waals surface area contributed by atoms with Gasteiger partial charge in [-0.15, -0.1) is 0 Å². The second kappa shape index (κ2) is 7.40. The van der Waals surface area contributed by atoms with E-state index in [9.17, 15) is 9.59 Å². The van der Waals surface area contributed by atoms with Crippen molar-refractivity contribution in [2.45, 2.75) is 38.3 Å². The zero-order valence-corrected chi connectivity index (χ0v) is 13.4. The maximum Gasteiger partial charge on any atom is 0.237 e. The third kappa shape index (κ3) is 3.85. The smallest absolute Gasteiger partial charge is 0.237 e. The number of carbonyl (C=O) groups excluding carboxylic acids is 2. The summed E-state index contributed by atoms with van der Waals surface area (Å²) in [6, 6.07) is 9.63. The minimum Gasteiger partial charge on any atom is -0.368 e. The minimum absolute atomic E-state index is 0.00511. The number of likely N-dealkylation sites (N-methyl/N-ethyl adjacent to an activating group) is 1. The van der Waals surface area contributed by atoms with Crippen LogP contribution in [0.2, 0.25) is 0 Å². The summed E-state index contributed by atoms with van der Waals surface area (Å²) in [6.45, 7) is 3.02. The fourth-order valence-corrected chi connectivity index (χ4v) is 2.96. The van der Waals surface area contributed by atoms with E-state index in [0.29, 0.717) is 0 Å². The van der Waals surface area contributed by atoms with Crippen LogP contribution in [0.4, 0.5) is 0 Å². The molecule has 0 spiro atoms. The molecule has 1 aliphatic rings. The fourth-order valence-electron chi connectivity index (χ4n) is 2.96. The first-order valence-corrected chi connectivity index (χ1v) is 7.84. The van der Waals surface area contributed by atoms with Crippen molar-refractivity contribution in [1.82, 2.24) is 9.80 Å². The zero-order valence-electron chi connectivity index (χ0n) is 13.4. The van der Waals surface area contributed by atoms with Crippen LogP contribution in [0.3, 0.4) is 0 Å². The molecule has 1 aromatic rings. The summed E-state index contributed by atoms with van der Waals surface area (Å²) in [4.78, 5) is 27.7. The largest absolute Gasteiger partial charge is 0.368 e. The van der Waals surface area contributed by atoms with Gasteiger partial charge in [0.15, 0.2) is 0 Å². The highest BCUT2D eigenvalue weighted by molar-refractivity contribution is 5.82. The van der Waals surface area contributed by atoms with E-state index in [1.54, 1.807) is 4.90 Å². The zero-order chi connectivity index (χ0) is 16.1. The number of benzene rings is 1. The van der Waals surface area contributed by atoms with Crippen LogP contribution in [-0.4, -0.2) is 47.8 Å². The van der Waals surface area contributed by atoms with Gasteiger partial charge in [-0.2, -0.15) is 0 Å². The summed E-state index contributed by atoms with van der Waals surface area (Å²) < 4.78 is 0. The van der Waals surface area contributed by atoms with E-state index < -0.39 is 0 Å². The number of likely N-dealkylation sites (tertiary alicyclic amines) is 1. The average Bonchev–Trinajstić information content (AvgIpc) is 2.54. The summed E-state index contributed by atoms with van der Waals surface area (Å²) >= 11 is 0. The third-order valence-corrected chi connectivity index (χ3v) is 4.54. The molecule has 2 atom stereocenters. The molecule has 0 bridgehead atoms. The predicted molar refractivity (Wildman–Crippen MR) is 86.0 cm³/mol. The molecular weight excluding hydrogens is 278 g/mol. The molecule has 1 fully saturated rings. The van der Waals surface area contributed by atoms with Crippen molar-refractivity contribution in [3.05, 3.63) is 35.9 Å². The van der Waals surface area contributed by atoms with E-state index in [1.165, 1.54) is 0 Å². The van der Waals surface area contributed by atoms with Gasteiger partial charge < -0.3 is 10.6 Å². The standard InChI is InChI=1S/C17H25N3O2/c1-13(14-8-4-3-5-9-14)19(2)16(21)12-20-11-7-6-10-15(20)17(18)22/h3-5,8-9,13,15H,6-7,10-12H2,1-2H3,(H2,18,22)/t13-,15-/m0/s1. The lowest BCUT2D eigenvalue weighted by atomic mass is 10.0. The van der Waals surface area contributed by atoms with Gasteiger partial charge in [0, 0.05) is 7.05 Å². The molecule has 5 nitrogen and oxygen atoms in total. The lowest BCUT2D eigenvalue weighted by Crippen LogP contribution is -2.51. The van der Waals surface area contributed by atoms with Gasteiger partial charge in [-0.3, -0.25) is 14.5 Å². The number of primary amides is 1. The highest BCUT2D eigenvalue weighted by Crippen LogP contribution is 2.20. The second-order valence-electron chi connectivity index (χ2n) is 5.98. The summed E-state index contributed by atoms with van der Waals surface area (Å²) in [5.74, 6) is -0.309. The first-order chi connectivity index (χ1) is 10.5. The Bertz CT molecular complexity index is 518. The topological polar surface area (TPSA) is 66.6 Å². The van der Waals surface area contributed by atoms with Crippen molar-refractivity contribution in [2.75, 3.05) is 20.1 Å². The molecule has 1 aliphatic heterocycles. The number of hydrogen-bond donors (Lipinski definition) is 1. The maximum absolute atomic E-state index is 12.5. The molecule has 0 radical (unpaired) electrons. The van der Waals surface area contributed by atoms with Crippen LogP contribution in [0, 0.1) is 0 Å².